The molecule has 3 rings (SSSR count). The van der Waals surface area contributed by atoms with Crippen molar-refractivity contribution in [2.24, 2.45) is 0 Å². The minimum absolute atomic E-state index is 0.0810. The van der Waals surface area contributed by atoms with E-state index >= 15 is 0 Å². The highest BCUT2D eigenvalue weighted by molar-refractivity contribution is 6.32. The zero-order valence-electron chi connectivity index (χ0n) is 14.9. The molecule has 0 spiro atoms. The van der Waals surface area contributed by atoms with Crippen LogP contribution < -0.4 is 10.9 Å². The van der Waals surface area contributed by atoms with Crippen molar-refractivity contribution in [3.63, 3.8) is 0 Å². The van der Waals surface area contributed by atoms with Crippen LogP contribution in [-0.2, 0) is 12.6 Å². The van der Waals surface area contributed by atoms with Crippen molar-refractivity contribution in [3.8, 4) is 5.82 Å². The molecule has 2 heterocycles. The number of aromatic nitrogens is 3. The number of hydrogen-bond donors (Lipinski definition) is 1. The van der Waals surface area contributed by atoms with E-state index in [4.69, 9.17) is 11.6 Å². The number of anilines is 1. The van der Waals surface area contributed by atoms with Crippen molar-refractivity contribution in [1.82, 2.24) is 14.8 Å². The Kier molecular flexibility index (Phi) is 6.17. The van der Waals surface area contributed by atoms with E-state index in [1.54, 1.807) is 6.07 Å². The van der Waals surface area contributed by atoms with Crippen LogP contribution in [0.2, 0.25) is 5.02 Å². The van der Waals surface area contributed by atoms with E-state index in [0.717, 1.165) is 22.4 Å². The van der Waals surface area contributed by atoms with Crippen molar-refractivity contribution in [1.29, 1.82) is 0 Å². The molecule has 0 aliphatic carbocycles. The third kappa shape index (κ3) is 5.11. The lowest BCUT2D eigenvalue weighted by atomic mass is 10.1. The molecule has 0 atom stereocenters. The van der Waals surface area contributed by atoms with Crippen molar-refractivity contribution >= 4 is 17.3 Å². The zero-order chi connectivity index (χ0) is 21.0. The van der Waals surface area contributed by atoms with Gasteiger partial charge in [0.15, 0.2) is 5.82 Å². The number of rotatable bonds is 6. The summed E-state index contributed by atoms with van der Waals surface area (Å²) in [4.78, 5) is 16.0. The highest BCUT2D eigenvalue weighted by atomic mass is 35.5. The number of pyridine rings is 1. The van der Waals surface area contributed by atoms with Crippen LogP contribution in [0.15, 0.2) is 53.6 Å². The smallest absolute Gasteiger partial charge is 0.382 e. The van der Waals surface area contributed by atoms with Gasteiger partial charge in [-0.05, 0) is 42.7 Å². The fourth-order valence-electron chi connectivity index (χ4n) is 2.61. The molecule has 0 aliphatic rings. The molecule has 152 valence electrons. The zero-order valence-corrected chi connectivity index (χ0v) is 15.6. The van der Waals surface area contributed by atoms with E-state index in [0.29, 0.717) is 31.3 Å². The first-order chi connectivity index (χ1) is 13.8. The van der Waals surface area contributed by atoms with Gasteiger partial charge in [-0.25, -0.2) is 9.37 Å². The number of halogens is 5. The van der Waals surface area contributed by atoms with E-state index in [-0.39, 0.29) is 16.7 Å². The molecule has 10 heteroatoms. The predicted molar refractivity (Wildman–Crippen MR) is 101 cm³/mol. The van der Waals surface area contributed by atoms with Gasteiger partial charge in [0.05, 0.1) is 17.4 Å². The molecule has 0 aliphatic heterocycles. The van der Waals surface area contributed by atoms with Gasteiger partial charge in [-0.15, -0.1) is 0 Å². The second-order valence-electron chi connectivity index (χ2n) is 6.15. The van der Waals surface area contributed by atoms with Crippen LogP contribution >= 0.6 is 11.6 Å². The number of aryl methyl sites for hydroxylation is 1. The van der Waals surface area contributed by atoms with Crippen LogP contribution in [0.4, 0.5) is 23.2 Å². The Bertz CT molecular complexity index is 1050. The van der Waals surface area contributed by atoms with Gasteiger partial charge in [-0.1, -0.05) is 23.7 Å². The maximum atomic E-state index is 13.2. The molecule has 0 unspecified atom stereocenters. The average molecular weight is 427 g/mol. The van der Waals surface area contributed by atoms with Crippen molar-refractivity contribution in [3.05, 3.63) is 81.1 Å². The fraction of sp³-hybridized carbons (Fsp3) is 0.211. The Labute approximate surface area is 168 Å². The highest BCUT2D eigenvalue weighted by Crippen LogP contribution is 2.28. The molecule has 0 amide bonds. The molecule has 0 saturated heterocycles. The fourth-order valence-corrected chi connectivity index (χ4v) is 2.80. The summed E-state index contributed by atoms with van der Waals surface area (Å²) in [6.45, 7) is 0.458. The van der Waals surface area contributed by atoms with Gasteiger partial charge in [-0.2, -0.15) is 23.0 Å². The minimum Gasteiger partial charge on any atom is -0.382 e. The quantitative estimate of drug-likeness (QED) is 0.466. The molecule has 5 nitrogen and oxygen atoms in total. The molecule has 0 bridgehead atoms. The number of benzene rings is 1. The summed E-state index contributed by atoms with van der Waals surface area (Å²) in [5, 5.41) is 6.73. The maximum Gasteiger partial charge on any atom is 0.417 e. The molecule has 1 aromatic carbocycles. The van der Waals surface area contributed by atoms with Gasteiger partial charge in [-0.3, -0.25) is 4.79 Å². The standard InChI is InChI=1S/C19H15ClF4N4O/c20-17-15(25-8-2-4-12-3-1-5-14(21)9-12)11-27-28(18(17)29)16-7-6-13(10-26-16)19(22,23)24/h1,3,5-7,9-11,25H,2,4,8H2. The number of alkyl halides is 3. The maximum absolute atomic E-state index is 13.2. The molecular formula is C19H15ClF4N4O. The van der Waals surface area contributed by atoms with Crippen LogP contribution in [0.25, 0.3) is 5.82 Å². The largest absolute Gasteiger partial charge is 0.417 e. The highest BCUT2D eigenvalue weighted by Gasteiger charge is 2.30. The first kappa shape index (κ1) is 20.8. The van der Waals surface area contributed by atoms with Crippen LogP contribution in [0.1, 0.15) is 17.5 Å². The molecule has 0 saturated carbocycles. The second kappa shape index (κ2) is 8.60. The Hall–Kier alpha value is -2.94. The van der Waals surface area contributed by atoms with Crippen LogP contribution in [-0.4, -0.2) is 21.3 Å². The van der Waals surface area contributed by atoms with Crippen LogP contribution in [0.3, 0.4) is 0 Å². The summed E-state index contributed by atoms with van der Waals surface area (Å²) in [6, 6.07) is 8.12. The third-order valence-corrected chi connectivity index (χ3v) is 4.42. The topological polar surface area (TPSA) is 59.8 Å². The van der Waals surface area contributed by atoms with E-state index < -0.39 is 17.3 Å². The summed E-state index contributed by atoms with van der Waals surface area (Å²) in [5.74, 6) is -0.384. The van der Waals surface area contributed by atoms with Crippen LogP contribution in [0, 0.1) is 5.82 Å². The Morgan fingerprint density at radius 3 is 2.59 bits per heavy atom. The minimum atomic E-state index is -4.53. The molecule has 0 radical (unpaired) electrons. The van der Waals surface area contributed by atoms with Gasteiger partial charge >= 0.3 is 6.18 Å². The Morgan fingerprint density at radius 2 is 1.93 bits per heavy atom. The van der Waals surface area contributed by atoms with Crippen molar-refractivity contribution in [2.45, 2.75) is 19.0 Å². The molecule has 29 heavy (non-hydrogen) atoms. The molecule has 3 aromatic rings. The first-order valence-electron chi connectivity index (χ1n) is 8.55. The molecular weight excluding hydrogens is 412 g/mol. The van der Waals surface area contributed by atoms with E-state index in [1.807, 2.05) is 6.07 Å². The van der Waals surface area contributed by atoms with Gasteiger partial charge in [0.1, 0.15) is 10.8 Å². The molecule has 0 fully saturated rings. The van der Waals surface area contributed by atoms with E-state index in [9.17, 15) is 22.4 Å². The van der Waals surface area contributed by atoms with Crippen molar-refractivity contribution < 1.29 is 17.6 Å². The number of nitrogens with zero attached hydrogens (tertiary/aromatic N) is 3. The SMILES string of the molecule is O=c1c(Cl)c(NCCCc2cccc(F)c2)cnn1-c1ccc(C(F)(F)F)cn1. The summed E-state index contributed by atoms with van der Waals surface area (Å²) >= 11 is 6.08. The van der Waals surface area contributed by atoms with Gasteiger partial charge < -0.3 is 5.32 Å². The van der Waals surface area contributed by atoms with E-state index in [1.165, 1.54) is 18.3 Å². The predicted octanol–water partition coefficient (Wildman–Crippen LogP) is 4.48. The molecule has 1 N–H and O–H groups in total. The third-order valence-electron chi connectivity index (χ3n) is 4.06. The Morgan fingerprint density at radius 1 is 1.14 bits per heavy atom. The summed E-state index contributed by atoms with van der Waals surface area (Å²) < 4.78 is 51.8. The lowest BCUT2D eigenvalue weighted by Gasteiger charge is -2.11. The van der Waals surface area contributed by atoms with Crippen molar-refractivity contribution in [2.75, 3.05) is 11.9 Å². The van der Waals surface area contributed by atoms with Gasteiger partial charge in [0.25, 0.3) is 5.56 Å². The summed E-state index contributed by atoms with van der Waals surface area (Å²) in [7, 11) is 0. The van der Waals surface area contributed by atoms with E-state index in [2.05, 4.69) is 15.4 Å². The average Bonchev–Trinajstić information content (AvgIpc) is 2.68. The normalized spacial score (nSPS) is 11.5. The Balaban J connectivity index is 1.67. The van der Waals surface area contributed by atoms with Gasteiger partial charge in [0, 0.05) is 12.7 Å². The monoisotopic (exact) mass is 426 g/mol. The lowest BCUT2D eigenvalue weighted by Crippen LogP contribution is -2.24. The summed E-state index contributed by atoms with van der Waals surface area (Å²) in [5.41, 5.74) is -0.509. The lowest BCUT2D eigenvalue weighted by molar-refractivity contribution is -0.137. The second-order valence-corrected chi connectivity index (χ2v) is 6.53. The van der Waals surface area contributed by atoms with Gasteiger partial charge in [0.2, 0.25) is 0 Å². The number of nitrogens with one attached hydrogen (secondary N) is 1. The first-order valence-corrected chi connectivity index (χ1v) is 8.93. The number of hydrogen-bond acceptors (Lipinski definition) is 4. The summed E-state index contributed by atoms with van der Waals surface area (Å²) in [6.07, 6.45) is -1.33. The van der Waals surface area contributed by atoms with Crippen LogP contribution in [0.5, 0.6) is 0 Å². The molecule has 2 aromatic heterocycles.